The first-order chi connectivity index (χ1) is 15.0. The maximum Gasteiger partial charge on any atom is 0.410 e. The second-order valence-corrected chi connectivity index (χ2v) is 9.38. The molecule has 9 heteroatoms. The van der Waals surface area contributed by atoms with Crippen LogP contribution in [0, 0.1) is 5.92 Å². The van der Waals surface area contributed by atoms with E-state index in [0.717, 1.165) is 22.0 Å². The first-order valence-electron chi connectivity index (χ1n) is 10.8. The Morgan fingerprint density at radius 3 is 2.66 bits per heavy atom. The van der Waals surface area contributed by atoms with E-state index in [1.54, 1.807) is 9.58 Å². The monoisotopic (exact) mass is 439 g/mol. The number of imide groups is 1. The Labute approximate surface area is 187 Å². The molecule has 1 aromatic carbocycles. The van der Waals surface area contributed by atoms with E-state index in [1.165, 1.54) is 4.90 Å². The Hall–Kier alpha value is -3.36. The molecule has 2 aliphatic rings. The zero-order valence-corrected chi connectivity index (χ0v) is 19.1. The molecule has 4 rings (SSSR count). The van der Waals surface area contributed by atoms with Gasteiger partial charge in [0.15, 0.2) is 5.82 Å². The molecule has 0 saturated carbocycles. The van der Waals surface area contributed by atoms with Gasteiger partial charge in [-0.05, 0) is 50.0 Å². The maximum atomic E-state index is 12.4. The van der Waals surface area contributed by atoms with E-state index >= 15 is 0 Å². The van der Waals surface area contributed by atoms with Crippen LogP contribution in [0.4, 0.5) is 15.4 Å². The van der Waals surface area contributed by atoms with Crippen LogP contribution in [-0.2, 0) is 16.6 Å². The molecule has 4 amide bonds. The highest BCUT2D eigenvalue weighted by Crippen LogP contribution is 2.33. The summed E-state index contributed by atoms with van der Waals surface area (Å²) in [5.41, 5.74) is 2.59. The number of urea groups is 1. The van der Waals surface area contributed by atoms with E-state index in [9.17, 15) is 14.4 Å². The molecule has 2 aromatic rings. The third-order valence-electron chi connectivity index (χ3n) is 5.68. The van der Waals surface area contributed by atoms with Crippen molar-refractivity contribution in [2.75, 3.05) is 24.5 Å². The predicted octanol–water partition coefficient (Wildman–Crippen LogP) is 3.29. The first kappa shape index (κ1) is 21.9. The van der Waals surface area contributed by atoms with Gasteiger partial charge in [0.1, 0.15) is 5.60 Å². The summed E-state index contributed by atoms with van der Waals surface area (Å²) in [4.78, 5) is 39.4. The number of ether oxygens (including phenoxy) is 1. The standard InChI is InChI=1S/C23H29N5O4/c1-14-13-27(22(31)32-23(2,3)4)10-8-16(14)15-6-7-17-18(12-15)26(5)25-20(17)28-11-9-19(29)24-21(28)30/h6-8,12,14H,9-11,13H2,1-5H3,(H,24,29,30). The van der Waals surface area contributed by atoms with Crippen molar-refractivity contribution in [3.8, 4) is 0 Å². The number of nitrogens with zero attached hydrogens (tertiary/aromatic N) is 4. The van der Waals surface area contributed by atoms with E-state index in [-0.39, 0.29) is 24.3 Å². The van der Waals surface area contributed by atoms with Gasteiger partial charge in [0, 0.05) is 38.5 Å². The van der Waals surface area contributed by atoms with Gasteiger partial charge < -0.3 is 9.64 Å². The van der Waals surface area contributed by atoms with Crippen molar-refractivity contribution in [3.63, 3.8) is 0 Å². The van der Waals surface area contributed by atoms with Gasteiger partial charge in [0.25, 0.3) is 0 Å². The zero-order valence-electron chi connectivity index (χ0n) is 19.1. The van der Waals surface area contributed by atoms with Gasteiger partial charge in [-0.3, -0.25) is 19.7 Å². The summed E-state index contributed by atoms with van der Waals surface area (Å²) in [6.45, 7) is 9.06. The minimum absolute atomic E-state index is 0.139. The first-order valence-corrected chi connectivity index (χ1v) is 10.8. The Kier molecular flexibility index (Phi) is 5.44. The fourth-order valence-corrected chi connectivity index (χ4v) is 4.17. The van der Waals surface area contributed by atoms with Crippen molar-refractivity contribution in [2.45, 2.75) is 39.7 Å². The Morgan fingerprint density at radius 2 is 2.00 bits per heavy atom. The van der Waals surface area contributed by atoms with Crippen LogP contribution < -0.4 is 10.2 Å². The smallest absolute Gasteiger partial charge is 0.410 e. The predicted molar refractivity (Wildman–Crippen MR) is 121 cm³/mol. The number of fused-ring (bicyclic) bond motifs is 1. The number of amides is 4. The number of hydrogen-bond donors (Lipinski definition) is 1. The quantitative estimate of drug-likeness (QED) is 0.775. The van der Waals surface area contributed by atoms with Crippen molar-refractivity contribution >= 4 is 40.3 Å². The van der Waals surface area contributed by atoms with Crippen molar-refractivity contribution in [2.24, 2.45) is 13.0 Å². The highest BCUT2D eigenvalue weighted by molar-refractivity contribution is 6.09. The number of hydrogen-bond acceptors (Lipinski definition) is 5. The van der Waals surface area contributed by atoms with Gasteiger partial charge in [-0.15, -0.1) is 0 Å². The van der Waals surface area contributed by atoms with E-state index in [1.807, 2.05) is 40.0 Å². The molecule has 0 spiro atoms. The Bertz CT molecular complexity index is 1130. The molecule has 2 aliphatic heterocycles. The van der Waals surface area contributed by atoms with Crippen molar-refractivity contribution in [1.29, 1.82) is 0 Å². The molecule has 170 valence electrons. The molecule has 1 aromatic heterocycles. The number of nitrogens with one attached hydrogen (secondary N) is 1. The van der Waals surface area contributed by atoms with Gasteiger partial charge in [-0.2, -0.15) is 5.10 Å². The molecule has 0 bridgehead atoms. The van der Waals surface area contributed by atoms with Gasteiger partial charge in [0.05, 0.1) is 5.52 Å². The average Bonchev–Trinajstić information content (AvgIpc) is 3.02. The largest absolute Gasteiger partial charge is 0.444 e. The van der Waals surface area contributed by atoms with Crippen LogP contribution in [0.2, 0.25) is 0 Å². The summed E-state index contributed by atoms with van der Waals surface area (Å²) in [6.07, 6.45) is 2.02. The highest BCUT2D eigenvalue weighted by Gasteiger charge is 2.30. The minimum Gasteiger partial charge on any atom is -0.444 e. The second kappa shape index (κ2) is 7.96. The van der Waals surface area contributed by atoms with E-state index in [2.05, 4.69) is 29.5 Å². The third-order valence-corrected chi connectivity index (χ3v) is 5.68. The van der Waals surface area contributed by atoms with Crippen LogP contribution in [-0.4, -0.2) is 57.9 Å². The number of rotatable bonds is 2. The lowest BCUT2D eigenvalue weighted by Gasteiger charge is -2.33. The van der Waals surface area contributed by atoms with Crippen LogP contribution in [0.3, 0.4) is 0 Å². The molecule has 32 heavy (non-hydrogen) atoms. The van der Waals surface area contributed by atoms with E-state index in [0.29, 0.717) is 25.5 Å². The van der Waals surface area contributed by atoms with E-state index in [4.69, 9.17) is 4.74 Å². The minimum atomic E-state index is -0.523. The van der Waals surface area contributed by atoms with Crippen LogP contribution in [0.1, 0.15) is 39.7 Å². The number of benzene rings is 1. The van der Waals surface area contributed by atoms with E-state index < -0.39 is 11.6 Å². The molecule has 9 nitrogen and oxygen atoms in total. The molecule has 0 aliphatic carbocycles. The lowest BCUT2D eigenvalue weighted by molar-refractivity contribution is -0.120. The zero-order chi connectivity index (χ0) is 23.2. The summed E-state index contributed by atoms with van der Waals surface area (Å²) in [5.74, 6) is 0.411. The summed E-state index contributed by atoms with van der Waals surface area (Å²) in [5, 5.41) is 7.74. The number of anilines is 1. The molecule has 1 atom stereocenters. The summed E-state index contributed by atoms with van der Waals surface area (Å²) < 4.78 is 7.25. The molecule has 1 fully saturated rings. The maximum absolute atomic E-state index is 12.4. The topological polar surface area (TPSA) is 96.8 Å². The fraction of sp³-hybridized carbons (Fsp3) is 0.478. The average molecular weight is 440 g/mol. The van der Waals surface area contributed by atoms with Gasteiger partial charge >= 0.3 is 12.1 Å². The molecule has 0 radical (unpaired) electrons. The SMILES string of the molecule is CC1CN(C(=O)OC(C)(C)C)CC=C1c1ccc2c(N3CCC(=O)NC3=O)nn(C)c2c1. The van der Waals surface area contributed by atoms with Gasteiger partial charge in [-0.25, -0.2) is 9.59 Å². The summed E-state index contributed by atoms with van der Waals surface area (Å²) in [6, 6.07) is 5.59. The Balaban J connectivity index is 1.60. The fourth-order valence-electron chi connectivity index (χ4n) is 4.17. The number of carbonyl (C=O) groups is 3. The van der Waals surface area contributed by atoms with Gasteiger partial charge in [-0.1, -0.05) is 19.1 Å². The molecule has 1 saturated heterocycles. The molecule has 3 heterocycles. The lowest BCUT2D eigenvalue weighted by Crippen LogP contribution is -2.49. The van der Waals surface area contributed by atoms with Crippen LogP contribution in [0.25, 0.3) is 16.5 Å². The Morgan fingerprint density at radius 1 is 1.25 bits per heavy atom. The summed E-state index contributed by atoms with van der Waals surface area (Å²) >= 11 is 0. The molecular formula is C23H29N5O4. The molecule has 1 N–H and O–H groups in total. The lowest BCUT2D eigenvalue weighted by atomic mass is 9.90. The van der Waals surface area contributed by atoms with Crippen molar-refractivity contribution < 1.29 is 19.1 Å². The van der Waals surface area contributed by atoms with Gasteiger partial charge in [0.2, 0.25) is 5.91 Å². The molecular weight excluding hydrogens is 410 g/mol. The van der Waals surface area contributed by atoms with Crippen LogP contribution >= 0.6 is 0 Å². The highest BCUT2D eigenvalue weighted by atomic mass is 16.6. The normalized spacial score (nSPS) is 19.8. The van der Waals surface area contributed by atoms with Crippen LogP contribution in [0.5, 0.6) is 0 Å². The molecule has 1 unspecified atom stereocenters. The number of carbonyl (C=O) groups excluding carboxylic acids is 3. The van der Waals surface area contributed by atoms with Crippen molar-refractivity contribution in [1.82, 2.24) is 20.0 Å². The number of aryl methyl sites for hydroxylation is 1. The second-order valence-electron chi connectivity index (χ2n) is 9.38. The summed E-state index contributed by atoms with van der Waals surface area (Å²) in [7, 11) is 1.84. The number of aromatic nitrogens is 2. The van der Waals surface area contributed by atoms with Crippen molar-refractivity contribution in [3.05, 3.63) is 29.8 Å². The van der Waals surface area contributed by atoms with Crippen LogP contribution in [0.15, 0.2) is 24.3 Å². The third kappa shape index (κ3) is 4.19.